The lowest BCUT2D eigenvalue weighted by Gasteiger charge is -2.03. The van der Waals surface area contributed by atoms with E-state index >= 15 is 0 Å². The Morgan fingerprint density at radius 1 is 1.53 bits per heavy atom. The van der Waals surface area contributed by atoms with Crippen molar-refractivity contribution in [2.45, 2.75) is 6.42 Å². The van der Waals surface area contributed by atoms with Crippen LogP contribution in [0.5, 0.6) is 0 Å². The first-order chi connectivity index (χ1) is 7.24. The van der Waals surface area contributed by atoms with Gasteiger partial charge in [-0.1, -0.05) is 6.07 Å². The second kappa shape index (κ2) is 3.70. The molecule has 0 radical (unpaired) electrons. The van der Waals surface area contributed by atoms with Crippen LogP contribution >= 0.6 is 0 Å². The predicted molar refractivity (Wildman–Crippen MR) is 54.9 cm³/mol. The second-order valence-corrected chi connectivity index (χ2v) is 3.20. The van der Waals surface area contributed by atoms with Crippen molar-refractivity contribution in [2.24, 2.45) is 5.73 Å². The van der Waals surface area contributed by atoms with E-state index in [1.807, 2.05) is 0 Å². The largest absolute Gasteiger partial charge is 0.477 e. The summed E-state index contributed by atoms with van der Waals surface area (Å²) in [4.78, 5) is 15.1. The number of hydrogen-bond donors (Lipinski definition) is 2. The van der Waals surface area contributed by atoms with Gasteiger partial charge in [0, 0.05) is 18.3 Å². The fraction of sp³-hybridized carbons (Fsp3) is 0.200. The molecule has 2 aromatic rings. The maximum atomic E-state index is 11.0. The fourth-order valence-corrected chi connectivity index (χ4v) is 1.59. The Morgan fingerprint density at radius 2 is 2.33 bits per heavy atom. The lowest BCUT2D eigenvalue weighted by molar-refractivity contribution is 0.0688. The standard InChI is InChI=1S/C10H11N3O2/c11-5-4-7-6-12-9-3-1-2-8(10(14)15)13(7)9/h1-3,6H,4-5,11H2,(H,14,15). The molecule has 0 atom stereocenters. The smallest absolute Gasteiger partial charge is 0.352 e. The number of pyridine rings is 1. The van der Waals surface area contributed by atoms with Crippen molar-refractivity contribution in [1.29, 1.82) is 0 Å². The molecule has 0 aliphatic carbocycles. The Morgan fingerprint density at radius 3 is 3.00 bits per heavy atom. The zero-order chi connectivity index (χ0) is 10.8. The third-order valence-corrected chi connectivity index (χ3v) is 2.22. The van der Waals surface area contributed by atoms with Gasteiger partial charge in [-0.15, -0.1) is 0 Å². The second-order valence-electron chi connectivity index (χ2n) is 3.20. The average Bonchev–Trinajstić information content (AvgIpc) is 2.62. The van der Waals surface area contributed by atoms with Crippen LogP contribution in [-0.2, 0) is 6.42 Å². The van der Waals surface area contributed by atoms with Gasteiger partial charge < -0.3 is 10.8 Å². The van der Waals surface area contributed by atoms with Crippen LogP contribution in [0.1, 0.15) is 16.2 Å². The van der Waals surface area contributed by atoms with Gasteiger partial charge in [0.2, 0.25) is 0 Å². The zero-order valence-electron chi connectivity index (χ0n) is 8.05. The molecule has 0 fully saturated rings. The summed E-state index contributed by atoms with van der Waals surface area (Å²) >= 11 is 0. The lowest BCUT2D eigenvalue weighted by atomic mass is 10.3. The van der Waals surface area contributed by atoms with E-state index in [-0.39, 0.29) is 5.69 Å². The highest BCUT2D eigenvalue weighted by Crippen LogP contribution is 2.11. The van der Waals surface area contributed by atoms with Crippen LogP contribution in [0.4, 0.5) is 0 Å². The van der Waals surface area contributed by atoms with E-state index in [0.717, 1.165) is 5.69 Å². The van der Waals surface area contributed by atoms with Gasteiger partial charge in [0.25, 0.3) is 0 Å². The summed E-state index contributed by atoms with van der Waals surface area (Å²) in [6.07, 6.45) is 2.28. The molecule has 0 bridgehead atoms. The number of fused-ring (bicyclic) bond motifs is 1. The molecule has 3 N–H and O–H groups in total. The van der Waals surface area contributed by atoms with Gasteiger partial charge in [0.05, 0.1) is 0 Å². The first-order valence-electron chi connectivity index (χ1n) is 4.62. The summed E-state index contributed by atoms with van der Waals surface area (Å²) in [5.41, 5.74) is 7.13. The first-order valence-corrected chi connectivity index (χ1v) is 4.62. The van der Waals surface area contributed by atoms with Crippen molar-refractivity contribution in [3.63, 3.8) is 0 Å². The predicted octanol–water partition coefficient (Wildman–Crippen LogP) is 0.534. The topological polar surface area (TPSA) is 80.6 Å². The number of nitrogens with two attached hydrogens (primary N) is 1. The number of carboxylic acid groups (broad SMARTS) is 1. The van der Waals surface area contributed by atoms with E-state index in [1.54, 1.807) is 28.8 Å². The molecule has 2 heterocycles. The van der Waals surface area contributed by atoms with Gasteiger partial charge in [0.1, 0.15) is 11.3 Å². The maximum Gasteiger partial charge on any atom is 0.352 e. The van der Waals surface area contributed by atoms with E-state index in [2.05, 4.69) is 4.98 Å². The molecule has 0 saturated heterocycles. The van der Waals surface area contributed by atoms with Crippen LogP contribution in [0, 0.1) is 0 Å². The molecule has 5 heteroatoms. The molecule has 2 rings (SSSR count). The summed E-state index contributed by atoms with van der Waals surface area (Å²) in [5.74, 6) is -0.961. The van der Waals surface area contributed by atoms with Gasteiger partial charge in [-0.05, 0) is 18.7 Å². The van der Waals surface area contributed by atoms with Crippen LogP contribution in [-0.4, -0.2) is 27.0 Å². The van der Waals surface area contributed by atoms with E-state index in [0.29, 0.717) is 18.6 Å². The van der Waals surface area contributed by atoms with E-state index in [9.17, 15) is 4.79 Å². The molecule has 0 saturated carbocycles. The summed E-state index contributed by atoms with van der Waals surface area (Å²) in [6, 6.07) is 5.00. The monoisotopic (exact) mass is 205 g/mol. The Hall–Kier alpha value is -1.88. The number of hydrogen-bond acceptors (Lipinski definition) is 3. The molecule has 0 unspecified atom stereocenters. The van der Waals surface area contributed by atoms with Crippen molar-refractivity contribution in [2.75, 3.05) is 6.54 Å². The Balaban J connectivity index is 2.69. The van der Waals surface area contributed by atoms with E-state index in [4.69, 9.17) is 10.8 Å². The fourth-order valence-electron chi connectivity index (χ4n) is 1.59. The molecule has 5 nitrogen and oxygen atoms in total. The molecule has 0 aromatic carbocycles. The third-order valence-electron chi connectivity index (χ3n) is 2.22. The number of carboxylic acids is 1. The summed E-state index contributed by atoms with van der Waals surface area (Å²) in [6.45, 7) is 0.474. The minimum absolute atomic E-state index is 0.216. The molecule has 0 amide bonds. The molecule has 0 aliphatic rings. The van der Waals surface area contributed by atoms with Gasteiger partial charge in [-0.2, -0.15) is 0 Å². The summed E-state index contributed by atoms with van der Waals surface area (Å²) in [7, 11) is 0. The molecular formula is C10H11N3O2. The van der Waals surface area contributed by atoms with Crippen LogP contribution in [0.25, 0.3) is 5.65 Å². The molecule has 78 valence electrons. The Kier molecular flexibility index (Phi) is 2.39. The number of aromatic nitrogens is 2. The highest BCUT2D eigenvalue weighted by atomic mass is 16.4. The number of imidazole rings is 1. The quantitative estimate of drug-likeness (QED) is 0.766. The third kappa shape index (κ3) is 1.57. The number of rotatable bonds is 3. The van der Waals surface area contributed by atoms with Crippen molar-refractivity contribution in [3.8, 4) is 0 Å². The molecular weight excluding hydrogens is 194 g/mol. The highest BCUT2D eigenvalue weighted by molar-refractivity contribution is 5.86. The Labute approximate surface area is 86.2 Å². The lowest BCUT2D eigenvalue weighted by Crippen LogP contribution is -2.10. The van der Waals surface area contributed by atoms with E-state index in [1.165, 1.54) is 0 Å². The number of carbonyl (C=O) groups is 1. The zero-order valence-corrected chi connectivity index (χ0v) is 8.05. The number of aromatic carboxylic acids is 1. The van der Waals surface area contributed by atoms with E-state index < -0.39 is 5.97 Å². The van der Waals surface area contributed by atoms with Crippen molar-refractivity contribution >= 4 is 11.6 Å². The van der Waals surface area contributed by atoms with Gasteiger partial charge in [-0.25, -0.2) is 9.78 Å². The molecule has 0 spiro atoms. The Bertz CT molecular complexity index is 504. The molecule has 2 aromatic heterocycles. The van der Waals surface area contributed by atoms with Gasteiger partial charge >= 0.3 is 5.97 Å². The van der Waals surface area contributed by atoms with Crippen LogP contribution < -0.4 is 5.73 Å². The minimum atomic E-state index is -0.961. The highest BCUT2D eigenvalue weighted by Gasteiger charge is 2.11. The van der Waals surface area contributed by atoms with Gasteiger partial charge in [0.15, 0.2) is 0 Å². The van der Waals surface area contributed by atoms with Crippen molar-refractivity contribution in [1.82, 2.24) is 9.38 Å². The first kappa shape index (κ1) is 9.67. The maximum absolute atomic E-state index is 11.0. The van der Waals surface area contributed by atoms with Gasteiger partial charge in [-0.3, -0.25) is 4.40 Å². The number of nitrogens with zero attached hydrogens (tertiary/aromatic N) is 2. The summed E-state index contributed by atoms with van der Waals surface area (Å²) in [5, 5.41) is 9.01. The van der Waals surface area contributed by atoms with Crippen LogP contribution in [0.15, 0.2) is 24.4 Å². The van der Waals surface area contributed by atoms with Crippen LogP contribution in [0.3, 0.4) is 0 Å². The SMILES string of the molecule is NCCc1cnc2cccc(C(=O)O)n12. The molecule has 15 heavy (non-hydrogen) atoms. The summed E-state index contributed by atoms with van der Waals surface area (Å²) < 4.78 is 1.62. The average molecular weight is 205 g/mol. The normalized spacial score (nSPS) is 10.7. The van der Waals surface area contributed by atoms with Crippen molar-refractivity contribution in [3.05, 3.63) is 35.8 Å². The minimum Gasteiger partial charge on any atom is -0.477 e. The van der Waals surface area contributed by atoms with Crippen molar-refractivity contribution < 1.29 is 9.90 Å². The molecule has 0 aliphatic heterocycles. The van der Waals surface area contributed by atoms with Crippen LogP contribution in [0.2, 0.25) is 0 Å².